The van der Waals surface area contributed by atoms with E-state index in [1.54, 1.807) is 0 Å². The Bertz CT molecular complexity index is 687. The smallest absolute Gasteiger partial charge is 0.407 e. The van der Waals surface area contributed by atoms with Crippen LogP contribution in [0.4, 0.5) is 0 Å². The van der Waals surface area contributed by atoms with Crippen LogP contribution in [0.5, 0.6) is 0 Å². The maximum atomic E-state index is 6.81. The maximum absolute atomic E-state index is 6.81. The molecule has 1 saturated heterocycles. The van der Waals surface area contributed by atoms with Crippen LogP contribution in [0.3, 0.4) is 0 Å². The first-order valence-corrected chi connectivity index (χ1v) is 11.6. The van der Waals surface area contributed by atoms with E-state index in [1.807, 2.05) is 30.3 Å². The molecular weight excluding hydrogens is 413 g/mol. The number of nitrogens with zero attached hydrogens (tertiary/aromatic N) is 1. The first kappa shape index (κ1) is 23.8. The SMILES string of the molecule is CN(C)Cc1[cH-]ccc1B1OC2(CCCCC2)C2(CCCCC2)O1.[Fe].c1cc[cH-]c1. The van der Waals surface area contributed by atoms with Crippen molar-refractivity contribution < 1.29 is 26.4 Å². The van der Waals surface area contributed by atoms with Gasteiger partial charge in [0.2, 0.25) is 0 Å². The van der Waals surface area contributed by atoms with E-state index in [2.05, 4.69) is 37.2 Å². The molecule has 30 heavy (non-hydrogen) atoms. The van der Waals surface area contributed by atoms with Gasteiger partial charge in [0.1, 0.15) is 0 Å². The van der Waals surface area contributed by atoms with Gasteiger partial charge in [0.25, 0.3) is 0 Å². The van der Waals surface area contributed by atoms with Gasteiger partial charge in [0, 0.05) is 17.1 Å². The Morgan fingerprint density at radius 2 is 1.40 bits per heavy atom. The van der Waals surface area contributed by atoms with E-state index in [0.717, 1.165) is 6.54 Å². The third kappa shape index (κ3) is 4.97. The van der Waals surface area contributed by atoms with Gasteiger partial charge in [-0.05, 0) is 46.3 Å². The molecule has 2 aromatic carbocycles. The van der Waals surface area contributed by atoms with Crippen LogP contribution in [0.15, 0.2) is 48.5 Å². The summed E-state index contributed by atoms with van der Waals surface area (Å²) in [5.41, 5.74) is 2.56. The van der Waals surface area contributed by atoms with Gasteiger partial charge in [-0.25, -0.2) is 18.2 Å². The second kappa shape index (κ2) is 10.7. The third-order valence-electron chi connectivity index (χ3n) is 7.06. The molecule has 3 aliphatic rings. The zero-order valence-electron chi connectivity index (χ0n) is 18.6. The average molecular weight is 449 g/mol. The normalized spacial score (nSPS) is 22.0. The Labute approximate surface area is 193 Å². The minimum Gasteiger partial charge on any atom is -0.410 e. The molecule has 5 rings (SSSR count). The molecule has 1 aliphatic heterocycles. The minimum absolute atomic E-state index is 0. The summed E-state index contributed by atoms with van der Waals surface area (Å²) >= 11 is 0. The summed E-state index contributed by atoms with van der Waals surface area (Å²) in [6.07, 6.45) is 12.6. The molecule has 5 heteroatoms. The van der Waals surface area contributed by atoms with Gasteiger partial charge in [-0.2, -0.15) is 41.4 Å². The van der Waals surface area contributed by atoms with Gasteiger partial charge in [-0.1, -0.05) is 38.5 Å². The summed E-state index contributed by atoms with van der Waals surface area (Å²) in [7, 11) is 4.09. The average Bonchev–Trinajstić information content (AvgIpc) is 3.47. The second-order valence-electron chi connectivity index (χ2n) is 9.38. The molecule has 0 unspecified atom stereocenters. The van der Waals surface area contributed by atoms with Gasteiger partial charge in [0.15, 0.2) is 0 Å². The van der Waals surface area contributed by atoms with Crippen LogP contribution in [0.2, 0.25) is 0 Å². The fourth-order valence-corrected chi connectivity index (χ4v) is 5.67. The van der Waals surface area contributed by atoms with E-state index >= 15 is 0 Å². The molecule has 0 bridgehead atoms. The first-order chi connectivity index (χ1) is 14.1. The topological polar surface area (TPSA) is 21.7 Å². The van der Waals surface area contributed by atoms with Gasteiger partial charge in [-0.3, -0.25) is 0 Å². The third-order valence-corrected chi connectivity index (χ3v) is 7.06. The van der Waals surface area contributed by atoms with Crippen molar-refractivity contribution in [2.45, 2.75) is 82.0 Å². The molecule has 0 atom stereocenters. The second-order valence-corrected chi connectivity index (χ2v) is 9.38. The summed E-state index contributed by atoms with van der Waals surface area (Å²) < 4.78 is 13.6. The van der Waals surface area contributed by atoms with Crippen LogP contribution < -0.4 is 5.46 Å². The van der Waals surface area contributed by atoms with Crippen LogP contribution in [0.1, 0.15) is 69.8 Å². The van der Waals surface area contributed by atoms with Crippen molar-refractivity contribution in [3.05, 3.63) is 54.1 Å². The van der Waals surface area contributed by atoms with Crippen molar-refractivity contribution in [3.8, 4) is 0 Å². The van der Waals surface area contributed by atoms with E-state index in [1.165, 1.54) is 75.2 Å². The standard InChI is InChI=1S/C20H31BNO2.C5H5.Fe/c1-22(2)16-17-10-9-11-18(17)21-23-19(12-5-3-6-13-19)20(24-21)14-7-4-8-15-20;1-2-4-5-3-1;/h9-11H,3-8,12-16H2,1-2H3;1-5H;/q2*-1;. The predicted molar refractivity (Wildman–Crippen MR) is 121 cm³/mol. The zero-order chi connectivity index (χ0) is 20.2. The van der Waals surface area contributed by atoms with Crippen LogP contribution >= 0.6 is 0 Å². The fraction of sp³-hybridized carbons (Fsp3) is 0.600. The minimum atomic E-state index is -0.161. The molecular formula is C25H36BFeNO2-2. The van der Waals surface area contributed by atoms with E-state index in [0.29, 0.717) is 0 Å². The van der Waals surface area contributed by atoms with Crippen LogP contribution in [-0.2, 0) is 32.9 Å². The molecule has 3 fully saturated rings. The molecule has 2 saturated carbocycles. The van der Waals surface area contributed by atoms with Gasteiger partial charge < -0.3 is 14.2 Å². The van der Waals surface area contributed by atoms with Crippen molar-refractivity contribution in [1.29, 1.82) is 0 Å². The Kier molecular flexibility index (Phi) is 8.46. The van der Waals surface area contributed by atoms with E-state index in [-0.39, 0.29) is 35.4 Å². The van der Waals surface area contributed by atoms with Crippen molar-refractivity contribution in [1.82, 2.24) is 4.90 Å². The molecule has 166 valence electrons. The van der Waals surface area contributed by atoms with Crippen molar-refractivity contribution in [2.75, 3.05) is 14.1 Å². The first-order valence-electron chi connectivity index (χ1n) is 11.6. The van der Waals surface area contributed by atoms with Crippen molar-refractivity contribution in [3.63, 3.8) is 0 Å². The molecule has 2 aromatic rings. The van der Waals surface area contributed by atoms with E-state index in [4.69, 9.17) is 9.31 Å². The summed E-state index contributed by atoms with van der Waals surface area (Å²) in [5, 5.41) is 0. The zero-order valence-corrected chi connectivity index (χ0v) is 19.7. The molecule has 0 amide bonds. The Morgan fingerprint density at radius 3 is 1.83 bits per heavy atom. The van der Waals surface area contributed by atoms with Gasteiger partial charge in [-0.15, -0.1) is 0 Å². The number of fused-ring (bicyclic) bond motifs is 1. The van der Waals surface area contributed by atoms with Crippen LogP contribution in [0.25, 0.3) is 0 Å². The molecule has 0 N–H and O–H groups in total. The summed E-state index contributed by atoms with van der Waals surface area (Å²) in [6.45, 7) is 0.950. The van der Waals surface area contributed by atoms with Gasteiger partial charge >= 0.3 is 7.12 Å². The number of rotatable bonds is 3. The maximum Gasteiger partial charge on any atom is 0.407 e. The largest absolute Gasteiger partial charge is 0.410 e. The summed E-state index contributed by atoms with van der Waals surface area (Å²) in [5.74, 6) is 0. The van der Waals surface area contributed by atoms with E-state index in [9.17, 15) is 0 Å². The Hall–Kier alpha value is -0.836. The summed E-state index contributed by atoms with van der Waals surface area (Å²) in [6, 6.07) is 16.6. The molecule has 0 radical (unpaired) electrons. The molecule has 2 aliphatic carbocycles. The fourth-order valence-electron chi connectivity index (χ4n) is 5.67. The van der Waals surface area contributed by atoms with Gasteiger partial charge in [0.05, 0.1) is 11.2 Å². The monoisotopic (exact) mass is 449 g/mol. The molecule has 3 nitrogen and oxygen atoms in total. The Morgan fingerprint density at radius 1 is 0.867 bits per heavy atom. The van der Waals surface area contributed by atoms with Crippen molar-refractivity contribution >= 4 is 12.6 Å². The number of hydrogen-bond donors (Lipinski definition) is 0. The predicted octanol–water partition coefficient (Wildman–Crippen LogP) is 5.02. The molecule has 1 heterocycles. The number of hydrogen-bond acceptors (Lipinski definition) is 3. The summed E-state index contributed by atoms with van der Waals surface area (Å²) in [4.78, 5) is 2.22. The quantitative estimate of drug-likeness (QED) is 0.486. The molecule has 0 aromatic heterocycles. The van der Waals surface area contributed by atoms with Crippen LogP contribution in [-0.4, -0.2) is 37.3 Å². The molecule has 2 spiro atoms. The Balaban J connectivity index is 0.000000376. The van der Waals surface area contributed by atoms with E-state index < -0.39 is 0 Å². The van der Waals surface area contributed by atoms with Crippen molar-refractivity contribution in [2.24, 2.45) is 0 Å². The van der Waals surface area contributed by atoms with Crippen LogP contribution in [0, 0.1) is 0 Å².